The first-order chi connectivity index (χ1) is 9.95. The van der Waals surface area contributed by atoms with Gasteiger partial charge in [-0.25, -0.2) is 0 Å². The van der Waals surface area contributed by atoms with E-state index in [2.05, 4.69) is 57.7 Å². The highest BCUT2D eigenvalue weighted by Gasteiger charge is 2.21. The van der Waals surface area contributed by atoms with Crippen molar-refractivity contribution in [2.45, 2.75) is 52.7 Å². The van der Waals surface area contributed by atoms with Gasteiger partial charge in [-0.3, -0.25) is 4.90 Å². The van der Waals surface area contributed by atoms with Gasteiger partial charge in [-0.1, -0.05) is 19.9 Å². The molecule has 1 aliphatic rings. The Morgan fingerprint density at radius 2 is 1.90 bits per heavy atom. The van der Waals surface area contributed by atoms with E-state index in [0.717, 1.165) is 32.0 Å². The topological polar surface area (TPSA) is 21.7 Å². The lowest BCUT2D eigenvalue weighted by atomic mass is 9.98. The molecule has 21 heavy (non-hydrogen) atoms. The van der Waals surface area contributed by atoms with E-state index in [9.17, 15) is 0 Å². The van der Waals surface area contributed by atoms with Gasteiger partial charge in [-0.2, -0.15) is 0 Å². The smallest absolute Gasteiger partial charge is 0.119 e. The number of ether oxygens (including phenoxy) is 2. The third-order valence-corrected chi connectivity index (χ3v) is 4.03. The summed E-state index contributed by atoms with van der Waals surface area (Å²) in [5.41, 5.74) is 2.72. The molecule has 0 bridgehead atoms. The number of hydrogen-bond donors (Lipinski definition) is 0. The lowest BCUT2D eigenvalue weighted by molar-refractivity contribution is -0.0699. The van der Waals surface area contributed by atoms with Crippen molar-refractivity contribution in [3.05, 3.63) is 29.3 Å². The van der Waals surface area contributed by atoms with Crippen molar-refractivity contribution in [3.8, 4) is 5.75 Å². The minimum Gasteiger partial charge on any atom is -0.492 e. The minimum atomic E-state index is 0.321. The summed E-state index contributed by atoms with van der Waals surface area (Å²) in [4.78, 5) is 2.42. The van der Waals surface area contributed by atoms with Gasteiger partial charge in [0.25, 0.3) is 0 Å². The lowest BCUT2D eigenvalue weighted by Crippen LogP contribution is -2.46. The van der Waals surface area contributed by atoms with E-state index in [1.807, 2.05) is 0 Å². The summed E-state index contributed by atoms with van der Waals surface area (Å²) < 4.78 is 11.7. The molecule has 1 aromatic rings. The largest absolute Gasteiger partial charge is 0.492 e. The van der Waals surface area contributed by atoms with Crippen molar-refractivity contribution in [3.63, 3.8) is 0 Å². The van der Waals surface area contributed by atoms with E-state index in [4.69, 9.17) is 9.47 Å². The fourth-order valence-corrected chi connectivity index (χ4v) is 3.15. The molecule has 0 amide bonds. The Morgan fingerprint density at radius 3 is 2.48 bits per heavy atom. The third-order valence-electron chi connectivity index (χ3n) is 4.03. The molecule has 2 atom stereocenters. The van der Waals surface area contributed by atoms with Gasteiger partial charge in [-0.15, -0.1) is 0 Å². The van der Waals surface area contributed by atoms with E-state index in [1.165, 1.54) is 11.1 Å². The highest BCUT2D eigenvalue weighted by molar-refractivity contribution is 5.36. The van der Waals surface area contributed by atoms with Crippen LogP contribution in [0.25, 0.3) is 0 Å². The number of benzene rings is 1. The lowest BCUT2D eigenvalue weighted by Gasteiger charge is -2.35. The van der Waals surface area contributed by atoms with Gasteiger partial charge in [0.05, 0.1) is 12.2 Å². The maximum atomic E-state index is 5.91. The molecule has 1 fully saturated rings. The SMILES string of the molecule is Cc1cc(OCCN2C[C@H](C)O[C@@H](C)C2)ccc1C(C)C. The van der Waals surface area contributed by atoms with Gasteiger partial charge in [0.2, 0.25) is 0 Å². The summed E-state index contributed by atoms with van der Waals surface area (Å²) in [7, 11) is 0. The van der Waals surface area contributed by atoms with Crippen molar-refractivity contribution in [1.82, 2.24) is 4.90 Å². The molecule has 0 N–H and O–H groups in total. The summed E-state index contributed by atoms with van der Waals surface area (Å²) in [5.74, 6) is 1.54. The van der Waals surface area contributed by atoms with Crippen molar-refractivity contribution < 1.29 is 9.47 Å². The van der Waals surface area contributed by atoms with Crippen LogP contribution in [-0.4, -0.2) is 43.3 Å². The Bertz CT molecular complexity index is 449. The zero-order chi connectivity index (χ0) is 15.4. The second-order valence-electron chi connectivity index (χ2n) is 6.54. The number of morpholine rings is 1. The molecule has 1 aliphatic heterocycles. The first-order valence-corrected chi connectivity index (χ1v) is 8.07. The van der Waals surface area contributed by atoms with Crippen LogP contribution in [0.1, 0.15) is 44.7 Å². The van der Waals surface area contributed by atoms with Crippen LogP contribution >= 0.6 is 0 Å². The Hall–Kier alpha value is -1.06. The van der Waals surface area contributed by atoms with Crippen LogP contribution in [0.5, 0.6) is 5.75 Å². The summed E-state index contributed by atoms with van der Waals surface area (Å²) in [6.45, 7) is 14.6. The molecule has 0 saturated carbocycles. The molecule has 0 radical (unpaired) electrons. The standard InChI is InChI=1S/C18H29NO2/c1-13(2)18-7-6-17(10-14(18)3)20-9-8-19-11-15(4)21-16(5)12-19/h6-7,10,13,15-16H,8-9,11-12H2,1-5H3/t15-,16-/m0/s1. The molecule has 118 valence electrons. The fourth-order valence-electron chi connectivity index (χ4n) is 3.15. The highest BCUT2D eigenvalue weighted by atomic mass is 16.5. The molecular formula is C18H29NO2. The monoisotopic (exact) mass is 291 g/mol. The first kappa shape index (κ1) is 16.3. The first-order valence-electron chi connectivity index (χ1n) is 8.07. The predicted molar refractivity (Wildman–Crippen MR) is 87.2 cm³/mol. The van der Waals surface area contributed by atoms with E-state index in [-0.39, 0.29) is 0 Å². The molecule has 0 aliphatic carbocycles. The van der Waals surface area contributed by atoms with Crippen LogP contribution in [0.2, 0.25) is 0 Å². The zero-order valence-corrected chi connectivity index (χ0v) is 14.1. The molecule has 3 nitrogen and oxygen atoms in total. The molecule has 0 spiro atoms. The number of rotatable bonds is 5. The quantitative estimate of drug-likeness (QED) is 0.827. The Morgan fingerprint density at radius 1 is 1.24 bits per heavy atom. The van der Waals surface area contributed by atoms with Gasteiger partial charge in [0.1, 0.15) is 12.4 Å². The minimum absolute atomic E-state index is 0.321. The number of aryl methyl sites for hydroxylation is 1. The van der Waals surface area contributed by atoms with Crippen LogP contribution in [0.15, 0.2) is 18.2 Å². The zero-order valence-electron chi connectivity index (χ0n) is 14.1. The van der Waals surface area contributed by atoms with Gasteiger partial charge < -0.3 is 9.47 Å². The van der Waals surface area contributed by atoms with E-state index >= 15 is 0 Å². The van der Waals surface area contributed by atoms with Gasteiger partial charge in [-0.05, 0) is 49.9 Å². The summed E-state index contributed by atoms with van der Waals surface area (Å²) >= 11 is 0. The Labute approximate surface area is 129 Å². The molecule has 1 aromatic carbocycles. The Balaban J connectivity index is 1.82. The predicted octanol–water partition coefficient (Wildman–Crippen LogP) is 3.61. The van der Waals surface area contributed by atoms with Crippen molar-refractivity contribution in [2.75, 3.05) is 26.2 Å². The summed E-state index contributed by atoms with van der Waals surface area (Å²) in [5, 5.41) is 0. The third kappa shape index (κ3) is 4.72. The van der Waals surface area contributed by atoms with E-state index in [1.54, 1.807) is 0 Å². The maximum Gasteiger partial charge on any atom is 0.119 e. The second kappa shape index (κ2) is 7.28. The summed E-state index contributed by atoms with van der Waals surface area (Å²) in [6.07, 6.45) is 0.641. The van der Waals surface area contributed by atoms with Crippen molar-refractivity contribution in [2.24, 2.45) is 0 Å². The van der Waals surface area contributed by atoms with E-state index < -0.39 is 0 Å². The van der Waals surface area contributed by atoms with E-state index in [0.29, 0.717) is 18.1 Å². The van der Waals surface area contributed by atoms with Crippen LogP contribution in [0, 0.1) is 6.92 Å². The van der Waals surface area contributed by atoms with Gasteiger partial charge in [0.15, 0.2) is 0 Å². The second-order valence-corrected chi connectivity index (χ2v) is 6.54. The Kier molecular flexibility index (Phi) is 5.65. The average molecular weight is 291 g/mol. The van der Waals surface area contributed by atoms with Crippen LogP contribution < -0.4 is 4.74 Å². The molecule has 3 heteroatoms. The van der Waals surface area contributed by atoms with Crippen LogP contribution in [0.4, 0.5) is 0 Å². The van der Waals surface area contributed by atoms with Crippen molar-refractivity contribution in [1.29, 1.82) is 0 Å². The molecule has 1 saturated heterocycles. The molecule has 0 unspecified atom stereocenters. The average Bonchev–Trinajstić information content (AvgIpc) is 2.37. The van der Waals surface area contributed by atoms with Gasteiger partial charge in [0, 0.05) is 19.6 Å². The molecule has 0 aromatic heterocycles. The molecule has 2 rings (SSSR count). The number of nitrogens with zero attached hydrogens (tertiary/aromatic N) is 1. The molecular weight excluding hydrogens is 262 g/mol. The van der Waals surface area contributed by atoms with Gasteiger partial charge >= 0.3 is 0 Å². The maximum absolute atomic E-state index is 5.91. The molecule has 1 heterocycles. The van der Waals surface area contributed by atoms with Crippen LogP contribution in [-0.2, 0) is 4.74 Å². The fraction of sp³-hybridized carbons (Fsp3) is 0.667. The van der Waals surface area contributed by atoms with Crippen molar-refractivity contribution >= 4 is 0 Å². The number of hydrogen-bond acceptors (Lipinski definition) is 3. The summed E-state index contributed by atoms with van der Waals surface area (Å²) in [6, 6.07) is 6.43. The normalized spacial score (nSPS) is 23.5. The highest BCUT2D eigenvalue weighted by Crippen LogP contribution is 2.23. The van der Waals surface area contributed by atoms with Crippen LogP contribution in [0.3, 0.4) is 0 Å².